The average molecular weight is 422 g/mol. The molecule has 1 aliphatic rings. The van der Waals surface area contributed by atoms with Crippen LogP contribution in [0.4, 0.5) is 0 Å². The minimum absolute atomic E-state index is 0.000496. The fourth-order valence-electron chi connectivity index (χ4n) is 3.62. The number of aromatic nitrogens is 4. The van der Waals surface area contributed by atoms with Gasteiger partial charge in [-0.15, -0.1) is 10.2 Å². The summed E-state index contributed by atoms with van der Waals surface area (Å²) in [4.78, 5) is 18.7. The highest BCUT2D eigenvalue weighted by molar-refractivity contribution is 5.92. The van der Waals surface area contributed by atoms with Crippen molar-refractivity contribution in [3.8, 4) is 5.75 Å². The second-order valence-electron chi connectivity index (χ2n) is 7.33. The molecule has 3 heterocycles. The van der Waals surface area contributed by atoms with Crippen LogP contribution < -0.4 is 10.1 Å². The maximum absolute atomic E-state index is 12.3. The van der Waals surface area contributed by atoms with Crippen LogP contribution in [0.15, 0.2) is 48.7 Å². The molecule has 0 saturated heterocycles. The molecule has 1 aromatic carbocycles. The van der Waals surface area contributed by atoms with Gasteiger partial charge >= 0.3 is 0 Å². The first-order valence-corrected chi connectivity index (χ1v) is 10.4. The topological polar surface area (TPSA) is 105 Å². The van der Waals surface area contributed by atoms with Crippen molar-refractivity contribution in [2.75, 3.05) is 26.3 Å². The van der Waals surface area contributed by atoms with Crippen LogP contribution in [0.3, 0.4) is 0 Å². The van der Waals surface area contributed by atoms with Gasteiger partial charge in [0.05, 0.1) is 13.2 Å². The van der Waals surface area contributed by atoms with E-state index in [0.29, 0.717) is 18.8 Å². The molecule has 0 atom stereocenters. The van der Waals surface area contributed by atoms with Crippen molar-refractivity contribution in [2.24, 2.45) is 0 Å². The largest absolute Gasteiger partial charge is 0.491 e. The normalized spacial score (nSPS) is 14.0. The summed E-state index contributed by atoms with van der Waals surface area (Å²) in [5.74, 6) is 2.23. The van der Waals surface area contributed by atoms with Gasteiger partial charge in [-0.3, -0.25) is 14.7 Å². The molecule has 2 N–H and O–H groups in total. The number of hydrogen-bond donors (Lipinski definition) is 2. The molecule has 4 rings (SSSR count). The van der Waals surface area contributed by atoms with Gasteiger partial charge in [0.25, 0.3) is 5.91 Å². The zero-order chi connectivity index (χ0) is 21.5. The Morgan fingerprint density at radius 2 is 2.06 bits per heavy atom. The molecule has 1 amide bonds. The van der Waals surface area contributed by atoms with E-state index in [1.807, 2.05) is 18.2 Å². The van der Waals surface area contributed by atoms with Gasteiger partial charge in [0.2, 0.25) is 0 Å². The van der Waals surface area contributed by atoms with E-state index in [2.05, 4.69) is 36.0 Å². The van der Waals surface area contributed by atoms with E-state index in [1.165, 1.54) is 0 Å². The fraction of sp³-hybridized carbons (Fsp3) is 0.364. The highest BCUT2D eigenvalue weighted by Crippen LogP contribution is 2.17. The minimum Gasteiger partial charge on any atom is -0.491 e. The average Bonchev–Trinajstić information content (AvgIpc) is 3.09. The highest BCUT2D eigenvalue weighted by atomic mass is 16.5. The van der Waals surface area contributed by atoms with Crippen LogP contribution in [0.2, 0.25) is 0 Å². The number of fused-ring (bicyclic) bond motifs is 1. The number of amides is 1. The molecule has 9 heteroatoms. The van der Waals surface area contributed by atoms with Crippen LogP contribution >= 0.6 is 0 Å². The lowest BCUT2D eigenvalue weighted by Crippen LogP contribution is -2.28. The van der Waals surface area contributed by atoms with E-state index in [4.69, 9.17) is 9.84 Å². The monoisotopic (exact) mass is 422 g/mol. The molecule has 31 heavy (non-hydrogen) atoms. The number of hydrogen-bond acceptors (Lipinski definition) is 7. The molecule has 1 aliphatic heterocycles. The van der Waals surface area contributed by atoms with Crippen molar-refractivity contribution in [2.45, 2.75) is 26.1 Å². The number of aliphatic hydroxyl groups excluding tert-OH is 1. The van der Waals surface area contributed by atoms with Crippen molar-refractivity contribution < 1.29 is 14.6 Å². The number of rotatable bonds is 8. The Kier molecular flexibility index (Phi) is 6.85. The molecule has 0 saturated carbocycles. The van der Waals surface area contributed by atoms with E-state index in [9.17, 15) is 4.79 Å². The first-order valence-electron chi connectivity index (χ1n) is 10.4. The van der Waals surface area contributed by atoms with Gasteiger partial charge in [-0.1, -0.05) is 18.2 Å². The number of benzene rings is 1. The molecule has 9 nitrogen and oxygen atoms in total. The Labute approximate surface area is 180 Å². The van der Waals surface area contributed by atoms with Crippen LogP contribution in [-0.4, -0.2) is 62.0 Å². The van der Waals surface area contributed by atoms with E-state index < -0.39 is 0 Å². The summed E-state index contributed by atoms with van der Waals surface area (Å²) in [6, 6.07) is 13.2. The van der Waals surface area contributed by atoms with Gasteiger partial charge in [0.15, 0.2) is 5.82 Å². The number of ether oxygens (including phenoxy) is 1. The van der Waals surface area contributed by atoms with Crippen molar-refractivity contribution in [3.05, 3.63) is 71.6 Å². The smallest absolute Gasteiger partial charge is 0.270 e. The van der Waals surface area contributed by atoms with Crippen LogP contribution in [0.25, 0.3) is 0 Å². The minimum atomic E-state index is -0.225. The Hall–Kier alpha value is -3.30. The number of carbonyl (C=O) groups excluding carboxylic acids is 1. The maximum atomic E-state index is 12.3. The second kappa shape index (κ2) is 10.1. The molecular formula is C22H26N6O3. The van der Waals surface area contributed by atoms with E-state index in [-0.39, 0.29) is 12.5 Å². The third-order valence-electron chi connectivity index (χ3n) is 5.16. The van der Waals surface area contributed by atoms with Gasteiger partial charge in [-0.2, -0.15) is 0 Å². The van der Waals surface area contributed by atoms with Crippen molar-refractivity contribution >= 4 is 5.91 Å². The SMILES string of the molecule is O=C(NCc1nnc2n1CCN(Cc1cccc(OCCO)c1)CC2)c1ccccn1. The molecular weight excluding hydrogens is 396 g/mol. The highest BCUT2D eigenvalue weighted by Gasteiger charge is 2.19. The van der Waals surface area contributed by atoms with E-state index in [0.717, 1.165) is 55.6 Å². The Balaban J connectivity index is 1.34. The lowest BCUT2D eigenvalue weighted by molar-refractivity contribution is 0.0944. The third-order valence-corrected chi connectivity index (χ3v) is 5.16. The number of nitrogens with zero attached hydrogens (tertiary/aromatic N) is 5. The first kappa shape index (κ1) is 21.0. The summed E-state index contributed by atoms with van der Waals surface area (Å²) < 4.78 is 7.61. The van der Waals surface area contributed by atoms with Crippen molar-refractivity contribution in [1.29, 1.82) is 0 Å². The van der Waals surface area contributed by atoms with Gasteiger partial charge < -0.3 is 19.7 Å². The zero-order valence-corrected chi connectivity index (χ0v) is 17.3. The molecule has 162 valence electrons. The summed E-state index contributed by atoms with van der Waals surface area (Å²) in [5, 5.41) is 20.4. The second-order valence-corrected chi connectivity index (χ2v) is 7.33. The van der Waals surface area contributed by atoms with Crippen LogP contribution in [-0.2, 0) is 26.1 Å². The van der Waals surface area contributed by atoms with Crippen LogP contribution in [0.1, 0.15) is 27.7 Å². The van der Waals surface area contributed by atoms with Gasteiger partial charge in [-0.05, 0) is 29.8 Å². The molecule has 0 aliphatic carbocycles. The summed E-state index contributed by atoms with van der Waals surface area (Å²) >= 11 is 0. The quantitative estimate of drug-likeness (QED) is 0.559. The number of pyridine rings is 1. The summed E-state index contributed by atoms with van der Waals surface area (Å²) in [6.07, 6.45) is 2.39. The summed E-state index contributed by atoms with van der Waals surface area (Å²) in [5.41, 5.74) is 1.55. The molecule has 0 bridgehead atoms. The summed E-state index contributed by atoms with van der Waals surface area (Å²) in [7, 11) is 0. The number of carbonyl (C=O) groups is 1. The Bertz CT molecular complexity index is 1010. The number of aliphatic hydroxyl groups is 1. The molecule has 0 unspecified atom stereocenters. The zero-order valence-electron chi connectivity index (χ0n) is 17.3. The Morgan fingerprint density at radius 3 is 2.90 bits per heavy atom. The van der Waals surface area contributed by atoms with Gasteiger partial charge in [-0.25, -0.2) is 0 Å². The van der Waals surface area contributed by atoms with Crippen molar-refractivity contribution in [1.82, 2.24) is 30.0 Å². The molecule has 0 fully saturated rings. The van der Waals surface area contributed by atoms with Crippen molar-refractivity contribution in [3.63, 3.8) is 0 Å². The fourth-order valence-corrected chi connectivity index (χ4v) is 3.62. The lowest BCUT2D eigenvalue weighted by Gasteiger charge is -2.20. The molecule has 0 radical (unpaired) electrons. The van der Waals surface area contributed by atoms with Crippen LogP contribution in [0.5, 0.6) is 5.75 Å². The van der Waals surface area contributed by atoms with Gasteiger partial charge in [0, 0.05) is 38.8 Å². The summed E-state index contributed by atoms with van der Waals surface area (Å²) in [6.45, 7) is 3.90. The lowest BCUT2D eigenvalue weighted by atomic mass is 10.2. The predicted octanol–water partition coefficient (Wildman–Crippen LogP) is 1.03. The standard InChI is InChI=1S/C22H26N6O3/c29-12-13-31-18-5-3-4-17(14-18)16-27-9-7-20-25-26-21(28(20)11-10-27)15-24-22(30)19-6-1-2-8-23-19/h1-6,8,14,29H,7,9-13,15-16H2,(H,24,30). The third kappa shape index (κ3) is 5.44. The molecule has 0 spiro atoms. The van der Waals surface area contributed by atoms with E-state index in [1.54, 1.807) is 24.4 Å². The Morgan fingerprint density at radius 1 is 1.13 bits per heavy atom. The van der Waals surface area contributed by atoms with Gasteiger partial charge in [0.1, 0.15) is 23.9 Å². The maximum Gasteiger partial charge on any atom is 0.270 e. The van der Waals surface area contributed by atoms with E-state index >= 15 is 0 Å². The predicted molar refractivity (Wildman–Crippen MR) is 113 cm³/mol. The van der Waals surface area contributed by atoms with Crippen LogP contribution in [0, 0.1) is 0 Å². The first-order chi connectivity index (χ1) is 15.2. The molecule has 2 aromatic heterocycles. The number of nitrogens with one attached hydrogen (secondary N) is 1. The molecule has 3 aromatic rings.